The largest absolute Gasteiger partial charge is 0.390 e. The van der Waals surface area contributed by atoms with Crippen LogP contribution >= 0.6 is 0 Å². The van der Waals surface area contributed by atoms with E-state index in [4.69, 9.17) is 15.1 Å². The highest BCUT2D eigenvalue weighted by atomic mass is 19.1. The molecule has 0 saturated carbocycles. The summed E-state index contributed by atoms with van der Waals surface area (Å²) in [6.07, 6.45) is 4.64. The number of aryl methyl sites for hydroxylation is 1. The number of anilines is 2. The predicted molar refractivity (Wildman–Crippen MR) is 143 cm³/mol. The number of benzene rings is 1. The molecule has 36 heavy (non-hydrogen) atoms. The molecule has 0 bridgehead atoms. The zero-order valence-corrected chi connectivity index (χ0v) is 21.6. The summed E-state index contributed by atoms with van der Waals surface area (Å²) in [6, 6.07) is 8.85. The molecule has 0 amide bonds. The maximum Gasteiger partial charge on any atom is 0.160 e. The summed E-state index contributed by atoms with van der Waals surface area (Å²) in [4.78, 5) is 12.2. The van der Waals surface area contributed by atoms with Crippen LogP contribution in [0.3, 0.4) is 0 Å². The smallest absolute Gasteiger partial charge is 0.160 e. The fraction of sp³-hybridized carbons (Fsp3) is 0.464. The lowest BCUT2D eigenvalue weighted by molar-refractivity contribution is 0.0748. The van der Waals surface area contributed by atoms with Crippen LogP contribution in [0.5, 0.6) is 0 Å². The molecule has 1 saturated heterocycles. The van der Waals surface area contributed by atoms with Crippen molar-refractivity contribution in [1.82, 2.24) is 14.6 Å². The van der Waals surface area contributed by atoms with Crippen molar-refractivity contribution in [2.75, 3.05) is 29.9 Å². The molecule has 0 aliphatic carbocycles. The van der Waals surface area contributed by atoms with Gasteiger partial charge in [0.2, 0.25) is 0 Å². The molecule has 2 aliphatic rings. The van der Waals surface area contributed by atoms with Gasteiger partial charge in [0.05, 0.1) is 17.0 Å². The Labute approximate surface area is 211 Å². The molecule has 2 N–H and O–H groups in total. The van der Waals surface area contributed by atoms with Crippen LogP contribution in [0.15, 0.2) is 46.5 Å². The van der Waals surface area contributed by atoms with Gasteiger partial charge in [0.15, 0.2) is 5.65 Å². The average molecular weight is 491 g/mol. The Kier molecular flexibility index (Phi) is 6.55. The number of allylic oxidation sites excluding steroid dienone is 2. The molecule has 8 heteroatoms. The van der Waals surface area contributed by atoms with Crippen molar-refractivity contribution in [1.29, 1.82) is 0 Å². The summed E-state index contributed by atoms with van der Waals surface area (Å²) in [7, 11) is 0. The molecule has 3 aromatic rings. The van der Waals surface area contributed by atoms with Gasteiger partial charge in [-0.2, -0.15) is 9.61 Å². The van der Waals surface area contributed by atoms with Crippen LogP contribution in [0.4, 0.5) is 21.7 Å². The Hall–Kier alpha value is -3.26. The number of aliphatic hydroxyl groups is 1. The second kappa shape index (κ2) is 9.65. The molecule has 4 heterocycles. The minimum Gasteiger partial charge on any atom is -0.390 e. The van der Waals surface area contributed by atoms with Crippen molar-refractivity contribution in [2.24, 2.45) is 4.99 Å². The van der Waals surface area contributed by atoms with Crippen molar-refractivity contribution >= 4 is 28.7 Å². The molecule has 5 rings (SSSR count). The molecule has 1 fully saturated rings. The standard InChI is InChI=1S/C28H35FN6O/c1-18-7-8-20-9-10-21(29)15-22(20)31-27(19(18)2)23-16-26-32-25(34-13-5-6-14-34)17-24(35(26)33-23)30-12-11-28(3,4)36/h9-10,15-17,30,36H,5-8,11-14H2,1-4H3/b19-18+,31-27?. The van der Waals surface area contributed by atoms with E-state index >= 15 is 0 Å². The Morgan fingerprint density at radius 2 is 1.86 bits per heavy atom. The molecule has 1 aromatic carbocycles. The highest BCUT2D eigenvalue weighted by molar-refractivity contribution is 6.13. The molecule has 2 aliphatic heterocycles. The number of rotatable bonds is 6. The number of hydrogen-bond donors (Lipinski definition) is 2. The van der Waals surface area contributed by atoms with Crippen LogP contribution < -0.4 is 10.2 Å². The number of nitrogens with zero attached hydrogens (tertiary/aromatic N) is 5. The highest BCUT2D eigenvalue weighted by Gasteiger charge is 2.22. The highest BCUT2D eigenvalue weighted by Crippen LogP contribution is 2.30. The van der Waals surface area contributed by atoms with Gasteiger partial charge in [-0.1, -0.05) is 11.6 Å². The van der Waals surface area contributed by atoms with E-state index < -0.39 is 5.60 Å². The Balaban J connectivity index is 1.61. The van der Waals surface area contributed by atoms with Crippen LogP contribution in [0.2, 0.25) is 0 Å². The van der Waals surface area contributed by atoms with Crippen molar-refractivity contribution < 1.29 is 9.50 Å². The van der Waals surface area contributed by atoms with Gasteiger partial charge >= 0.3 is 0 Å². The van der Waals surface area contributed by atoms with E-state index in [1.54, 1.807) is 0 Å². The van der Waals surface area contributed by atoms with E-state index in [9.17, 15) is 9.50 Å². The lowest BCUT2D eigenvalue weighted by atomic mass is 9.95. The maximum absolute atomic E-state index is 14.1. The van der Waals surface area contributed by atoms with E-state index in [1.807, 2.05) is 36.6 Å². The molecule has 0 atom stereocenters. The molecule has 0 radical (unpaired) electrons. The van der Waals surface area contributed by atoms with Gasteiger partial charge in [-0.15, -0.1) is 0 Å². The topological polar surface area (TPSA) is 78.0 Å². The zero-order valence-electron chi connectivity index (χ0n) is 21.6. The van der Waals surface area contributed by atoms with Crippen LogP contribution in [-0.4, -0.2) is 50.7 Å². The Bertz CT molecular complexity index is 1340. The third-order valence-corrected chi connectivity index (χ3v) is 7.17. The summed E-state index contributed by atoms with van der Waals surface area (Å²) in [5, 5.41) is 18.6. The second-order valence-electron chi connectivity index (χ2n) is 10.6. The third kappa shape index (κ3) is 5.14. The second-order valence-corrected chi connectivity index (χ2v) is 10.6. The molecule has 190 valence electrons. The molecular weight excluding hydrogens is 455 g/mol. The van der Waals surface area contributed by atoms with Crippen molar-refractivity contribution in [2.45, 2.75) is 65.4 Å². The SMILES string of the molecule is C/C1=C(/C)C(c2cc3nc(N4CCCC4)cc(NCCC(C)(C)O)n3n2)=Nc2cc(F)ccc2CC1. The Morgan fingerprint density at radius 1 is 1.08 bits per heavy atom. The van der Waals surface area contributed by atoms with Crippen LogP contribution in [0.25, 0.3) is 5.65 Å². The normalized spacial score (nSPS) is 18.7. The average Bonchev–Trinajstić information content (AvgIpc) is 3.50. The lowest BCUT2D eigenvalue weighted by Crippen LogP contribution is -2.24. The minimum absolute atomic E-state index is 0.291. The molecular formula is C28H35FN6O. The number of aliphatic imine (C=N–C) groups is 1. The van der Waals surface area contributed by atoms with E-state index in [1.165, 1.54) is 17.7 Å². The van der Waals surface area contributed by atoms with Crippen molar-refractivity contribution in [3.05, 3.63) is 58.6 Å². The van der Waals surface area contributed by atoms with Gasteiger partial charge in [-0.05, 0) is 83.1 Å². The number of nitrogens with one attached hydrogen (secondary N) is 1. The van der Waals surface area contributed by atoms with Gasteiger partial charge in [0.25, 0.3) is 0 Å². The summed E-state index contributed by atoms with van der Waals surface area (Å²) in [5.74, 6) is 1.46. The quantitative estimate of drug-likeness (QED) is 0.481. The first-order valence-electron chi connectivity index (χ1n) is 12.8. The summed E-state index contributed by atoms with van der Waals surface area (Å²) >= 11 is 0. The number of hydrogen-bond acceptors (Lipinski definition) is 6. The fourth-order valence-electron chi connectivity index (χ4n) is 4.83. The predicted octanol–water partition coefficient (Wildman–Crippen LogP) is 5.44. The zero-order chi connectivity index (χ0) is 25.4. The maximum atomic E-state index is 14.1. The van der Waals surface area contributed by atoms with Gasteiger partial charge < -0.3 is 15.3 Å². The number of fused-ring (bicyclic) bond motifs is 2. The van der Waals surface area contributed by atoms with Crippen LogP contribution in [-0.2, 0) is 6.42 Å². The van der Waals surface area contributed by atoms with Gasteiger partial charge in [0, 0.05) is 31.8 Å². The van der Waals surface area contributed by atoms with Gasteiger partial charge in [-0.25, -0.2) is 14.4 Å². The summed E-state index contributed by atoms with van der Waals surface area (Å²) in [5.41, 5.74) is 5.42. The Morgan fingerprint density at radius 3 is 2.61 bits per heavy atom. The minimum atomic E-state index is -0.762. The molecule has 0 spiro atoms. The van der Waals surface area contributed by atoms with E-state index in [0.717, 1.165) is 72.9 Å². The first-order chi connectivity index (χ1) is 17.2. The summed E-state index contributed by atoms with van der Waals surface area (Å²) < 4.78 is 15.9. The third-order valence-electron chi connectivity index (χ3n) is 7.17. The van der Waals surface area contributed by atoms with E-state index in [2.05, 4.69) is 24.1 Å². The van der Waals surface area contributed by atoms with Crippen LogP contribution in [0.1, 0.15) is 64.6 Å². The first kappa shape index (κ1) is 24.4. The molecule has 0 unspecified atom stereocenters. The first-order valence-corrected chi connectivity index (χ1v) is 12.8. The van der Waals surface area contributed by atoms with Crippen molar-refractivity contribution in [3.8, 4) is 0 Å². The number of aromatic nitrogens is 3. The molecule has 2 aromatic heterocycles. The van der Waals surface area contributed by atoms with Gasteiger partial charge in [-0.3, -0.25) is 0 Å². The van der Waals surface area contributed by atoms with Crippen molar-refractivity contribution in [3.63, 3.8) is 0 Å². The van der Waals surface area contributed by atoms with E-state index in [-0.39, 0.29) is 5.82 Å². The summed E-state index contributed by atoms with van der Waals surface area (Å²) in [6.45, 7) is 10.4. The van der Waals surface area contributed by atoms with E-state index in [0.29, 0.717) is 24.3 Å². The van der Waals surface area contributed by atoms with Gasteiger partial charge in [0.1, 0.15) is 23.1 Å². The molecule has 7 nitrogen and oxygen atoms in total. The van der Waals surface area contributed by atoms with Crippen LogP contribution in [0, 0.1) is 5.82 Å². The lowest BCUT2D eigenvalue weighted by Gasteiger charge is -2.20. The number of halogens is 1. The monoisotopic (exact) mass is 490 g/mol. The fourth-order valence-corrected chi connectivity index (χ4v) is 4.83.